The standard InChI is InChI=1S/C16H22N4O/c1-5-13-10(2)19-20(11(13)3)12(4)16(21)18-15-9-7-6-8-14(15)17/h6-9,12H,5,17H2,1-4H3,(H,18,21). The van der Waals surface area contributed by atoms with Gasteiger partial charge in [-0.15, -0.1) is 0 Å². The molecule has 1 amide bonds. The van der Waals surface area contributed by atoms with Crippen LogP contribution in [0.5, 0.6) is 0 Å². The lowest BCUT2D eigenvalue weighted by molar-refractivity contribution is -0.119. The van der Waals surface area contributed by atoms with Gasteiger partial charge in [0.15, 0.2) is 0 Å². The van der Waals surface area contributed by atoms with E-state index in [-0.39, 0.29) is 11.9 Å². The van der Waals surface area contributed by atoms with Gasteiger partial charge in [0, 0.05) is 5.69 Å². The van der Waals surface area contributed by atoms with Gasteiger partial charge in [0.25, 0.3) is 0 Å². The Kier molecular flexibility index (Phi) is 4.31. The minimum atomic E-state index is -0.386. The number of nitrogens with two attached hydrogens (primary N) is 1. The van der Waals surface area contributed by atoms with E-state index in [0.717, 1.165) is 17.8 Å². The first-order valence-corrected chi connectivity index (χ1v) is 7.15. The number of carbonyl (C=O) groups excluding carboxylic acids is 1. The number of carbonyl (C=O) groups is 1. The maximum atomic E-state index is 12.4. The van der Waals surface area contributed by atoms with Crippen LogP contribution in [0.15, 0.2) is 24.3 Å². The Labute approximate surface area is 125 Å². The highest BCUT2D eigenvalue weighted by molar-refractivity contribution is 5.96. The van der Waals surface area contributed by atoms with Crippen molar-refractivity contribution in [3.63, 3.8) is 0 Å². The Morgan fingerprint density at radius 3 is 2.62 bits per heavy atom. The maximum absolute atomic E-state index is 12.4. The molecule has 1 aromatic carbocycles. The molecule has 5 heteroatoms. The molecule has 21 heavy (non-hydrogen) atoms. The molecule has 0 saturated carbocycles. The number of amides is 1. The van der Waals surface area contributed by atoms with E-state index < -0.39 is 0 Å². The van der Waals surface area contributed by atoms with Crippen LogP contribution in [-0.4, -0.2) is 15.7 Å². The molecule has 0 saturated heterocycles. The summed E-state index contributed by atoms with van der Waals surface area (Å²) in [4.78, 5) is 12.4. The number of para-hydroxylation sites is 2. The van der Waals surface area contributed by atoms with E-state index in [1.807, 2.05) is 32.9 Å². The van der Waals surface area contributed by atoms with E-state index in [1.165, 1.54) is 5.56 Å². The Balaban J connectivity index is 2.22. The van der Waals surface area contributed by atoms with Crippen molar-refractivity contribution >= 4 is 17.3 Å². The Bertz CT molecular complexity index is 660. The number of benzene rings is 1. The molecule has 0 aliphatic carbocycles. The lowest BCUT2D eigenvalue weighted by Gasteiger charge is -2.15. The molecule has 0 fully saturated rings. The Morgan fingerprint density at radius 1 is 1.38 bits per heavy atom. The lowest BCUT2D eigenvalue weighted by atomic mass is 10.1. The number of aryl methyl sites for hydroxylation is 1. The molecule has 0 bridgehead atoms. The van der Waals surface area contributed by atoms with Gasteiger partial charge in [0.2, 0.25) is 5.91 Å². The van der Waals surface area contributed by atoms with Gasteiger partial charge in [0.1, 0.15) is 6.04 Å². The van der Waals surface area contributed by atoms with Crippen LogP contribution in [-0.2, 0) is 11.2 Å². The SMILES string of the molecule is CCc1c(C)nn(C(C)C(=O)Nc2ccccc2N)c1C. The molecule has 0 aliphatic heterocycles. The minimum absolute atomic E-state index is 0.124. The van der Waals surface area contributed by atoms with Gasteiger partial charge in [-0.1, -0.05) is 19.1 Å². The molecule has 1 aromatic heterocycles. The molecule has 2 rings (SSSR count). The summed E-state index contributed by atoms with van der Waals surface area (Å²) in [7, 11) is 0. The maximum Gasteiger partial charge on any atom is 0.249 e. The quantitative estimate of drug-likeness (QED) is 0.849. The number of rotatable bonds is 4. The van der Waals surface area contributed by atoms with Crippen LogP contribution in [0.4, 0.5) is 11.4 Å². The van der Waals surface area contributed by atoms with Crippen LogP contribution in [0, 0.1) is 13.8 Å². The summed E-state index contributed by atoms with van der Waals surface area (Å²) in [6.07, 6.45) is 0.914. The van der Waals surface area contributed by atoms with Crippen LogP contribution >= 0.6 is 0 Å². The summed E-state index contributed by atoms with van der Waals surface area (Å²) < 4.78 is 1.78. The molecule has 1 heterocycles. The predicted molar refractivity (Wildman–Crippen MR) is 85.3 cm³/mol. The van der Waals surface area contributed by atoms with Gasteiger partial charge in [-0.3, -0.25) is 9.48 Å². The fraction of sp³-hybridized carbons (Fsp3) is 0.375. The zero-order chi connectivity index (χ0) is 15.6. The number of nitrogens with one attached hydrogen (secondary N) is 1. The first-order chi connectivity index (χ1) is 9.95. The molecular formula is C16H22N4O. The second-order valence-corrected chi connectivity index (χ2v) is 5.20. The van der Waals surface area contributed by atoms with Gasteiger partial charge >= 0.3 is 0 Å². The van der Waals surface area contributed by atoms with Gasteiger partial charge in [-0.05, 0) is 44.9 Å². The summed E-state index contributed by atoms with van der Waals surface area (Å²) >= 11 is 0. The number of nitrogen functional groups attached to an aromatic ring is 1. The average Bonchev–Trinajstić information content (AvgIpc) is 2.75. The average molecular weight is 286 g/mol. The van der Waals surface area contributed by atoms with Crippen LogP contribution in [0.1, 0.15) is 36.8 Å². The van der Waals surface area contributed by atoms with Crippen LogP contribution in [0.2, 0.25) is 0 Å². The summed E-state index contributed by atoms with van der Waals surface area (Å²) in [5.41, 5.74) is 10.3. The number of hydrogen-bond donors (Lipinski definition) is 2. The third kappa shape index (κ3) is 2.91. The first kappa shape index (κ1) is 15.1. The van der Waals surface area contributed by atoms with Crippen LogP contribution in [0.3, 0.4) is 0 Å². The van der Waals surface area contributed by atoms with Crippen molar-refractivity contribution in [1.29, 1.82) is 0 Å². The second kappa shape index (κ2) is 5.99. The zero-order valence-corrected chi connectivity index (χ0v) is 13.0. The zero-order valence-electron chi connectivity index (χ0n) is 13.0. The second-order valence-electron chi connectivity index (χ2n) is 5.20. The van der Waals surface area contributed by atoms with Crippen LogP contribution in [0.25, 0.3) is 0 Å². The largest absolute Gasteiger partial charge is 0.397 e. The Morgan fingerprint density at radius 2 is 2.05 bits per heavy atom. The van der Waals surface area contributed by atoms with Gasteiger partial charge in [-0.2, -0.15) is 5.10 Å². The third-order valence-electron chi connectivity index (χ3n) is 3.79. The summed E-state index contributed by atoms with van der Waals surface area (Å²) in [6, 6.07) is 6.85. The molecule has 0 aliphatic rings. The number of nitrogens with zero attached hydrogens (tertiary/aromatic N) is 2. The fourth-order valence-corrected chi connectivity index (χ4v) is 2.54. The van der Waals surface area contributed by atoms with Crippen molar-refractivity contribution < 1.29 is 4.79 Å². The lowest BCUT2D eigenvalue weighted by Crippen LogP contribution is -2.25. The van der Waals surface area contributed by atoms with Gasteiger partial charge in [-0.25, -0.2) is 0 Å². The third-order valence-corrected chi connectivity index (χ3v) is 3.79. The van der Waals surface area contributed by atoms with E-state index in [0.29, 0.717) is 11.4 Å². The first-order valence-electron chi connectivity index (χ1n) is 7.15. The number of aromatic nitrogens is 2. The fourth-order valence-electron chi connectivity index (χ4n) is 2.54. The highest BCUT2D eigenvalue weighted by Crippen LogP contribution is 2.21. The molecule has 1 unspecified atom stereocenters. The normalized spacial score (nSPS) is 12.2. The highest BCUT2D eigenvalue weighted by atomic mass is 16.2. The summed E-state index contributed by atoms with van der Waals surface area (Å²) in [5.74, 6) is -0.124. The molecule has 5 nitrogen and oxygen atoms in total. The van der Waals surface area contributed by atoms with E-state index in [1.54, 1.807) is 16.8 Å². The predicted octanol–water partition coefficient (Wildman–Crippen LogP) is 2.84. The van der Waals surface area contributed by atoms with Crippen molar-refractivity contribution in [2.75, 3.05) is 11.1 Å². The summed E-state index contributed by atoms with van der Waals surface area (Å²) in [6.45, 7) is 7.91. The molecule has 2 aromatic rings. The molecule has 0 spiro atoms. The van der Waals surface area contributed by atoms with Gasteiger partial charge in [0.05, 0.1) is 17.1 Å². The van der Waals surface area contributed by atoms with E-state index in [4.69, 9.17) is 5.73 Å². The molecular weight excluding hydrogens is 264 g/mol. The van der Waals surface area contributed by atoms with Crippen LogP contribution < -0.4 is 11.1 Å². The van der Waals surface area contributed by atoms with Gasteiger partial charge < -0.3 is 11.1 Å². The number of anilines is 2. The van der Waals surface area contributed by atoms with E-state index in [9.17, 15) is 4.79 Å². The Hall–Kier alpha value is -2.30. The molecule has 1 atom stereocenters. The van der Waals surface area contributed by atoms with Crippen molar-refractivity contribution in [3.8, 4) is 0 Å². The summed E-state index contributed by atoms with van der Waals surface area (Å²) in [5, 5.41) is 7.35. The molecule has 0 radical (unpaired) electrons. The van der Waals surface area contributed by atoms with Crippen molar-refractivity contribution in [1.82, 2.24) is 9.78 Å². The minimum Gasteiger partial charge on any atom is -0.397 e. The molecule has 112 valence electrons. The van der Waals surface area contributed by atoms with Crippen molar-refractivity contribution in [2.24, 2.45) is 0 Å². The van der Waals surface area contributed by atoms with E-state index in [2.05, 4.69) is 17.3 Å². The van der Waals surface area contributed by atoms with Crippen molar-refractivity contribution in [3.05, 3.63) is 41.2 Å². The smallest absolute Gasteiger partial charge is 0.249 e. The van der Waals surface area contributed by atoms with E-state index >= 15 is 0 Å². The topological polar surface area (TPSA) is 72.9 Å². The highest BCUT2D eigenvalue weighted by Gasteiger charge is 2.21. The monoisotopic (exact) mass is 286 g/mol. The molecule has 3 N–H and O–H groups in total. The number of hydrogen-bond acceptors (Lipinski definition) is 3. The van der Waals surface area contributed by atoms with Crippen molar-refractivity contribution in [2.45, 2.75) is 40.2 Å².